The highest BCUT2D eigenvalue weighted by atomic mass is 32.1. The van der Waals surface area contributed by atoms with Crippen molar-refractivity contribution in [1.82, 2.24) is 4.57 Å². The van der Waals surface area contributed by atoms with Gasteiger partial charge < -0.3 is 4.57 Å². The third-order valence-electron chi connectivity index (χ3n) is 3.58. The summed E-state index contributed by atoms with van der Waals surface area (Å²) in [6, 6.07) is 12.4. The van der Waals surface area contributed by atoms with Gasteiger partial charge in [-0.15, -0.1) is 11.3 Å². The fourth-order valence-electron chi connectivity index (χ4n) is 2.46. The summed E-state index contributed by atoms with van der Waals surface area (Å²) in [5.41, 5.74) is 2.45. The number of hydrogen-bond donors (Lipinski definition) is 0. The minimum absolute atomic E-state index is 0.123. The Morgan fingerprint density at radius 3 is 2.55 bits per heavy atom. The van der Waals surface area contributed by atoms with Crippen LogP contribution in [0.1, 0.15) is 18.7 Å². The number of rotatable bonds is 3. The van der Waals surface area contributed by atoms with Crippen molar-refractivity contribution in [1.29, 1.82) is 0 Å². The SMILES string of the molecule is CCc1cc2c(=O)n(CC)cc(-c3ccccc3)c2s1. The number of aromatic nitrogens is 1. The fourth-order valence-corrected chi connectivity index (χ4v) is 3.58. The van der Waals surface area contributed by atoms with Crippen molar-refractivity contribution >= 4 is 21.4 Å². The van der Waals surface area contributed by atoms with Gasteiger partial charge in [0.25, 0.3) is 5.56 Å². The van der Waals surface area contributed by atoms with Gasteiger partial charge in [-0.1, -0.05) is 37.3 Å². The molecule has 0 atom stereocenters. The highest BCUT2D eigenvalue weighted by molar-refractivity contribution is 7.19. The standard InChI is InChI=1S/C17H17NOS/c1-3-13-10-14-16(20-13)15(11-18(4-2)17(14)19)12-8-6-5-7-9-12/h5-11H,3-4H2,1-2H3. The van der Waals surface area contributed by atoms with E-state index in [2.05, 4.69) is 25.1 Å². The second-order valence-electron chi connectivity index (χ2n) is 4.81. The topological polar surface area (TPSA) is 22.0 Å². The van der Waals surface area contributed by atoms with Crippen molar-refractivity contribution in [2.75, 3.05) is 0 Å². The lowest BCUT2D eigenvalue weighted by molar-refractivity contribution is 0.736. The molecule has 3 heteroatoms. The molecule has 0 amide bonds. The lowest BCUT2D eigenvalue weighted by atomic mass is 10.1. The minimum atomic E-state index is 0.123. The molecule has 2 aromatic heterocycles. The maximum atomic E-state index is 12.4. The number of benzene rings is 1. The summed E-state index contributed by atoms with van der Waals surface area (Å²) in [7, 11) is 0. The Morgan fingerprint density at radius 2 is 1.90 bits per heavy atom. The van der Waals surface area contributed by atoms with Crippen LogP contribution < -0.4 is 5.56 Å². The second-order valence-corrected chi connectivity index (χ2v) is 5.95. The van der Waals surface area contributed by atoms with Gasteiger partial charge in [-0.3, -0.25) is 4.79 Å². The van der Waals surface area contributed by atoms with Crippen LogP contribution in [0, 0.1) is 0 Å². The van der Waals surface area contributed by atoms with E-state index < -0.39 is 0 Å². The molecule has 2 heterocycles. The van der Waals surface area contributed by atoms with E-state index in [4.69, 9.17) is 0 Å². The molecule has 0 aliphatic carbocycles. The first-order chi connectivity index (χ1) is 9.74. The molecule has 0 aliphatic rings. The van der Waals surface area contributed by atoms with Gasteiger partial charge in [0.15, 0.2) is 0 Å². The summed E-state index contributed by atoms with van der Waals surface area (Å²) in [4.78, 5) is 13.7. The Hall–Kier alpha value is -1.87. The predicted molar refractivity (Wildman–Crippen MR) is 86.6 cm³/mol. The summed E-state index contributed by atoms with van der Waals surface area (Å²) in [5.74, 6) is 0. The summed E-state index contributed by atoms with van der Waals surface area (Å²) < 4.78 is 2.92. The second kappa shape index (κ2) is 5.25. The minimum Gasteiger partial charge on any atom is -0.315 e. The highest BCUT2D eigenvalue weighted by Crippen LogP contribution is 2.33. The first-order valence-corrected chi connectivity index (χ1v) is 7.77. The van der Waals surface area contributed by atoms with Gasteiger partial charge in [0, 0.05) is 27.9 Å². The van der Waals surface area contributed by atoms with Crippen molar-refractivity contribution in [3.05, 3.63) is 57.8 Å². The number of fused-ring (bicyclic) bond motifs is 1. The first-order valence-electron chi connectivity index (χ1n) is 6.95. The molecule has 0 fully saturated rings. The van der Waals surface area contributed by atoms with Crippen LogP contribution in [-0.2, 0) is 13.0 Å². The zero-order valence-electron chi connectivity index (χ0n) is 11.7. The largest absolute Gasteiger partial charge is 0.315 e. The first kappa shape index (κ1) is 13.1. The van der Waals surface area contributed by atoms with Crippen LogP contribution in [0.3, 0.4) is 0 Å². The molecular formula is C17H17NOS. The molecule has 0 aliphatic heterocycles. The van der Waals surface area contributed by atoms with Crippen molar-refractivity contribution in [3.8, 4) is 11.1 Å². The molecule has 102 valence electrons. The highest BCUT2D eigenvalue weighted by Gasteiger charge is 2.13. The maximum absolute atomic E-state index is 12.4. The Morgan fingerprint density at radius 1 is 1.15 bits per heavy atom. The van der Waals surface area contributed by atoms with E-state index >= 15 is 0 Å². The molecule has 3 aromatic rings. The Kier molecular flexibility index (Phi) is 3.45. The Labute approximate surface area is 122 Å². The van der Waals surface area contributed by atoms with E-state index in [1.165, 1.54) is 10.4 Å². The van der Waals surface area contributed by atoms with Gasteiger partial charge in [-0.05, 0) is 25.0 Å². The molecule has 0 saturated carbocycles. The number of aryl methyl sites for hydroxylation is 2. The van der Waals surface area contributed by atoms with Crippen molar-refractivity contribution in [2.24, 2.45) is 0 Å². The smallest absolute Gasteiger partial charge is 0.259 e. The zero-order valence-corrected chi connectivity index (χ0v) is 12.5. The van der Waals surface area contributed by atoms with E-state index in [9.17, 15) is 4.79 Å². The normalized spacial score (nSPS) is 11.1. The van der Waals surface area contributed by atoms with Crippen LogP contribution in [0.4, 0.5) is 0 Å². The van der Waals surface area contributed by atoms with Crippen LogP contribution in [0.5, 0.6) is 0 Å². The molecule has 0 radical (unpaired) electrons. The number of nitrogens with zero attached hydrogens (tertiary/aromatic N) is 1. The van der Waals surface area contributed by atoms with Crippen LogP contribution in [-0.4, -0.2) is 4.57 Å². The number of hydrogen-bond acceptors (Lipinski definition) is 2. The van der Waals surface area contributed by atoms with Crippen LogP contribution in [0.2, 0.25) is 0 Å². The Balaban J connectivity index is 2.38. The molecule has 20 heavy (non-hydrogen) atoms. The average Bonchev–Trinajstić information content (AvgIpc) is 2.93. The third-order valence-corrected chi connectivity index (χ3v) is 4.89. The summed E-state index contributed by atoms with van der Waals surface area (Å²) in [6.45, 7) is 4.84. The number of pyridine rings is 1. The van der Waals surface area contributed by atoms with Gasteiger partial charge in [0.05, 0.1) is 5.39 Å². The number of thiophene rings is 1. The molecule has 2 nitrogen and oxygen atoms in total. The molecule has 0 saturated heterocycles. The Bertz CT molecular complexity index is 799. The molecule has 0 unspecified atom stereocenters. The molecular weight excluding hydrogens is 266 g/mol. The van der Waals surface area contributed by atoms with Crippen LogP contribution in [0.15, 0.2) is 47.4 Å². The molecule has 0 bridgehead atoms. The lowest BCUT2D eigenvalue weighted by Crippen LogP contribution is -2.18. The summed E-state index contributed by atoms with van der Waals surface area (Å²) in [6.07, 6.45) is 2.97. The molecule has 0 N–H and O–H groups in total. The van der Waals surface area contributed by atoms with Crippen molar-refractivity contribution in [2.45, 2.75) is 26.8 Å². The average molecular weight is 283 g/mol. The van der Waals surface area contributed by atoms with Crippen LogP contribution >= 0.6 is 11.3 Å². The molecule has 1 aromatic carbocycles. The zero-order chi connectivity index (χ0) is 14.1. The van der Waals surface area contributed by atoms with E-state index in [1.54, 1.807) is 15.9 Å². The van der Waals surface area contributed by atoms with Gasteiger partial charge in [0.2, 0.25) is 0 Å². The predicted octanol–water partition coefficient (Wildman–Crippen LogP) is 4.31. The van der Waals surface area contributed by atoms with Gasteiger partial charge in [0.1, 0.15) is 0 Å². The van der Waals surface area contributed by atoms with Crippen molar-refractivity contribution < 1.29 is 0 Å². The molecule has 0 spiro atoms. The van der Waals surface area contributed by atoms with E-state index in [1.807, 2.05) is 31.3 Å². The summed E-state index contributed by atoms with van der Waals surface area (Å²) >= 11 is 1.74. The van der Waals surface area contributed by atoms with E-state index in [0.717, 1.165) is 22.1 Å². The van der Waals surface area contributed by atoms with Gasteiger partial charge >= 0.3 is 0 Å². The van der Waals surface area contributed by atoms with E-state index in [-0.39, 0.29) is 5.56 Å². The van der Waals surface area contributed by atoms with Crippen molar-refractivity contribution in [3.63, 3.8) is 0 Å². The fraction of sp³-hybridized carbons (Fsp3) is 0.235. The quantitative estimate of drug-likeness (QED) is 0.702. The van der Waals surface area contributed by atoms with E-state index in [0.29, 0.717) is 6.54 Å². The molecule has 3 rings (SSSR count). The summed E-state index contributed by atoms with van der Waals surface area (Å²) in [5, 5.41) is 0.857. The van der Waals surface area contributed by atoms with Crippen LogP contribution in [0.25, 0.3) is 21.2 Å². The third kappa shape index (κ3) is 2.08. The lowest BCUT2D eigenvalue weighted by Gasteiger charge is -2.08. The monoisotopic (exact) mass is 283 g/mol. The van der Waals surface area contributed by atoms with Gasteiger partial charge in [-0.2, -0.15) is 0 Å². The maximum Gasteiger partial charge on any atom is 0.259 e. The van der Waals surface area contributed by atoms with Gasteiger partial charge in [-0.25, -0.2) is 0 Å².